The molecule has 1 aliphatic rings. The third kappa shape index (κ3) is 2.54. The van der Waals surface area contributed by atoms with Crippen molar-refractivity contribution in [3.63, 3.8) is 0 Å². The Bertz CT molecular complexity index is 241. The molecule has 13 heavy (non-hydrogen) atoms. The number of aliphatic imine (C=N–C) groups is 1. The first-order valence-electron chi connectivity index (χ1n) is 4.95. The van der Waals surface area contributed by atoms with Gasteiger partial charge in [-0.15, -0.1) is 0 Å². The van der Waals surface area contributed by atoms with E-state index in [1.54, 1.807) is 0 Å². The van der Waals surface area contributed by atoms with E-state index in [9.17, 15) is 0 Å². The van der Waals surface area contributed by atoms with Gasteiger partial charge in [0.05, 0.1) is 0 Å². The Labute approximate surface area is 80.1 Å². The van der Waals surface area contributed by atoms with Crippen LogP contribution in [0.5, 0.6) is 0 Å². The van der Waals surface area contributed by atoms with Crippen molar-refractivity contribution < 1.29 is 9.58 Å². The maximum absolute atomic E-state index is 5.55. The molecule has 0 aliphatic carbocycles. The van der Waals surface area contributed by atoms with Gasteiger partial charge in [-0.25, -0.2) is 9.83 Å². The summed E-state index contributed by atoms with van der Waals surface area (Å²) < 4.78 is 1.86. The third-order valence-corrected chi connectivity index (χ3v) is 2.19. The molecule has 0 fully saturated rings. The normalized spacial score (nSPS) is 17.5. The SMILES string of the molecule is CCCC1=NCC(C(C)C)=[N+](C)O1. The molecule has 0 amide bonds. The number of rotatable bonds is 3. The van der Waals surface area contributed by atoms with Gasteiger partial charge in [-0.3, -0.25) is 0 Å². The van der Waals surface area contributed by atoms with Crippen molar-refractivity contribution >= 4 is 11.6 Å². The smallest absolute Gasteiger partial charge is 0.238 e. The summed E-state index contributed by atoms with van der Waals surface area (Å²) in [5.74, 6) is 1.38. The van der Waals surface area contributed by atoms with Gasteiger partial charge in [-0.2, -0.15) is 0 Å². The summed E-state index contributed by atoms with van der Waals surface area (Å²) in [6.45, 7) is 7.25. The first-order valence-corrected chi connectivity index (χ1v) is 4.95. The van der Waals surface area contributed by atoms with E-state index in [0.29, 0.717) is 5.92 Å². The fourth-order valence-electron chi connectivity index (χ4n) is 1.40. The van der Waals surface area contributed by atoms with Gasteiger partial charge in [0.15, 0.2) is 7.05 Å². The lowest BCUT2D eigenvalue weighted by atomic mass is 10.1. The Morgan fingerprint density at radius 1 is 1.54 bits per heavy atom. The first kappa shape index (κ1) is 10.2. The van der Waals surface area contributed by atoms with E-state index >= 15 is 0 Å². The topological polar surface area (TPSA) is 24.6 Å². The van der Waals surface area contributed by atoms with Gasteiger partial charge in [0.1, 0.15) is 6.54 Å². The molecule has 1 heterocycles. The van der Waals surface area contributed by atoms with Crippen LogP contribution in [0.1, 0.15) is 33.6 Å². The van der Waals surface area contributed by atoms with Crippen LogP contribution in [0.3, 0.4) is 0 Å². The summed E-state index contributed by atoms with van der Waals surface area (Å²) in [5.41, 5.74) is 1.25. The highest BCUT2D eigenvalue weighted by Gasteiger charge is 2.23. The molecule has 0 bridgehead atoms. The van der Waals surface area contributed by atoms with E-state index in [0.717, 1.165) is 25.3 Å². The quantitative estimate of drug-likeness (QED) is 0.613. The van der Waals surface area contributed by atoms with Gasteiger partial charge in [0.2, 0.25) is 5.71 Å². The number of hydrogen-bond donors (Lipinski definition) is 0. The molecule has 3 heteroatoms. The second kappa shape index (κ2) is 4.40. The summed E-state index contributed by atoms with van der Waals surface area (Å²) in [5, 5.41) is 0. The summed E-state index contributed by atoms with van der Waals surface area (Å²) in [6.07, 6.45) is 2.03. The van der Waals surface area contributed by atoms with Gasteiger partial charge < -0.3 is 0 Å². The fraction of sp³-hybridized carbons (Fsp3) is 0.800. The predicted octanol–water partition coefficient (Wildman–Crippen LogP) is 1.87. The van der Waals surface area contributed by atoms with Crippen LogP contribution in [-0.2, 0) is 4.84 Å². The maximum Gasteiger partial charge on any atom is 0.266 e. The van der Waals surface area contributed by atoms with Crippen molar-refractivity contribution in [3.8, 4) is 0 Å². The monoisotopic (exact) mass is 183 g/mol. The van der Waals surface area contributed by atoms with Crippen LogP contribution in [0.25, 0.3) is 0 Å². The molecule has 74 valence electrons. The van der Waals surface area contributed by atoms with Crippen LogP contribution in [0.2, 0.25) is 0 Å². The molecule has 0 saturated carbocycles. The minimum atomic E-state index is 0.511. The largest absolute Gasteiger partial charge is 0.266 e. The van der Waals surface area contributed by atoms with Gasteiger partial charge in [-0.1, -0.05) is 20.8 Å². The molecule has 3 nitrogen and oxygen atoms in total. The van der Waals surface area contributed by atoms with Crippen molar-refractivity contribution in [2.24, 2.45) is 10.9 Å². The average Bonchev–Trinajstić information content (AvgIpc) is 2.04. The standard InChI is InChI=1S/C10H19N2O/c1-5-6-10-11-7-9(8(2)3)12(4)13-10/h8H,5-7H2,1-4H3/q+1. The Hall–Kier alpha value is -0.860. The second-order valence-electron chi connectivity index (χ2n) is 3.69. The van der Waals surface area contributed by atoms with E-state index in [1.807, 2.05) is 11.8 Å². The molecule has 0 aromatic carbocycles. The Morgan fingerprint density at radius 2 is 2.23 bits per heavy atom. The lowest BCUT2D eigenvalue weighted by molar-refractivity contribution is -0.739. The average molecular weight is 183 g/mol. The molecule has 0 atom stereocenters. The van der Waals surface area contributed by atoms with Gasteiger partial charge in [0, 0.05) is 12.3 Å². The number of hydrogen-bond acceptors (Lipinski definition) is 2. The summed E-state index contributed by atoms with van der Waals surface area (Å²) in [4.78, 5) is 9.93. The molecule has 0 N–H and O–H groups in total. The minimum absolute atomic E-state index is 0.511. The van der Waals surface area contributed by atoms with E-state index in [2.05, 4.69) is 25.8 Å². The Morgan fingerprint density at radius 3 is 2.69 bits per heavy atom. The molecule has 0 aromatic rings. The zero-order valence-corrected chi connectivity index (χ0v) is 9.00. The summed E-state index contributed by atoms with van der Waals surface area (Å²) in [7, 11) is 1.96. The summed E-state index contributed by atoms with van der Waals surface area (Å²) in [6, 6.07) is 0. The molecule has 0 radical (unpaired) electrons. The third-order valence-electron chi connectivity index (χ3n) is 2.19. The Kier molecular flexibility index (Phi) is 3.46. The van der Waals surface area contributed by atoms with Gasteiger partial charge in [0.25, 0.3) is 5.90 Å². The molecule has 1 rings (SSSR count). The van der Waals surface area contributed by atoms with Crippen molar-refractivity contribution in [3.05, 3.63) is 0 Å². The number of hydroxylamine groups is 1. The zero-order chi connectivity index (χ0) is 9.84. The van der Waals surface area contributed by atoms with Crippen LogP contribution in [0, 0.1) is 5.92 Å². The highest BCUT2D eigenvalue weighted by atomic mass is 16.7. The van der Waals surface area contributed by atoms with Crippen molar-refractivity contribution in [1.82, 2.24) is 0 Å². The lowest BCUT2D eigenvalue weighted by Crippen LogP contribution is -2.32. The molecule has 0 spiro atoms. The minimum Gasteiger partial charge on any atom is -0.238 e. The summed E-state index contributed by atoms with van der Waals surface area (Å²) >= 11 is 0. The zero-order valence-electron chi connectivity index (χ0n) is 9.00. The fourth-order valence-corrected chi connectivity index (χ4v) is 1.40. The first-order chi connectivity index (χ1) is 6.15. The second-order valence-corrected chi connectivity index (χ2v) is 3.69. The maximum atomic E-state index is 5.55. The van der Waals surface area contributed by atoms with Crippen LogP contribution >= 0.6 is 0 Å². The van der Waals surface area contributed by atoms with Crippen LogP contribution < -0.4 is 0 Å². The highest BCUT2D eigenvalue weighted by molar-refractivity contribution is 5.88. The van der Waals surface area contributed by atoms with Gasteiger partial charge in [-0.05, 0) is 11.2 Å². The van der Waals surface area contributed by atoms with E-state index in [1.165, 1.54) is 5.71 Å². The van der Waals surface area contributed by atoms with Crippen LogP contribution in [-0.4, -0.2) is 29.9 Å². The van der Waals surface area contributed by atoms with E-state index in [-0.39, 0.29) is 0 Å². The molecule has 0 aromatic heterocycles. The van der Waals surface area contributed by atoms with Crippen molar-refractivity contribution in [1.29, 1.82) is 0 Å². The van der Waals surface area contributed by atoms with Crippen LogP contribution in [0.15, 0.2) is 4.99 Å². The molecule has 0 saturated heterocycles. The molecular formula is C10H19N2O+. The van der Waals surface area contributed by atoms with Crippen LogP contribution in [0.4, 0.5) is 0 Å². The molecular weight excluding hydrogens is 164 g/mol. The van der Waals surface area contributed by atoms with Crippen molar-refractivity contribution in [2.45, 2.75) is 33.6 Å². The highest BCUT2D eigenvalue weighted by Crippen LogP contribution is 2.06. The number of nitrogens with zero attached hydrogens (tertiary/aromatic N) is 2. The Balaban J connectivity index is 2.62. The molecule has 1 aliphatic heterocycles. The van der Waals surface area contributed by atoms with E-state index < -0.39 is 0 Å². The van der Waals surface area contributed by atoms with Crippen molar-refractivity contribution in [2.75, 3.05) is 13.6 Å². The van der Waals surface area contributed by atoms with Gasteiger partial charge >= 0.3 is 0 Å². The lowest BCUT2D eigenvalue weighted by Gasteiger charge is -2.12. The molecule has 0 unspecified atom stereocenters. The predicted molar refractivity (Wildman–Crippen MR) is 54.3 cm³/mol. The van der Waals surface area contributed by atoms with E-state index in [4.69, 9.17) is 4.84 Å².